The summed E-state index contributed by atoms with van der Waals surface area (Å²) in [7, 11) is 0. The minimum absolute atomic E-state index is 0.361. The Morgan fingerprint density at radius 2 is 1.68 bits per heavy atom. The van der Waals surface area contributed by atoms with E-state index in [-0.39, 0.29) is 0 Å². The van der Waals surface area contributed by atoms with Crippen molar-refractivity contribution in [2.45, 2.75) is 6.92 Å². The summed E-state index contributed by atoms with van der Waals surface area (Å²) < 4.78 is 5.98. The van der Waals surface area contributed by atoms with Crippen LogP contribution in [0.2, 0.25) is 0 Å². The van der Waals surface area contributed by atoms with Gasteiger partial charge in [-0.25, -0.2) is 10.2 Å². The monoisotopic (exact) mass is 479 g/mol. The normalized spacial score (nSPS) is 10.5. The van der Waals surface area contributed by atoms with E-state index in [1.54, 1.807) is 66.7 Å². The van der Waals surface area contributed by atoms with Gasteiger partial charge in [0.05, 0.1) is 11.8 Å². The van der Waals surface area contributed by atoms with Gasteiger partial charge in [0, 0.05) is 10.2 Å². The Morgan fingerprint density at radius 3 is 2.39 bits per heavy atom. The molecular weight excluding hydrogens is 462 g/mol. The van der Waals surface area contributed by atoms with Gasteiger partial charge in [-0.3, -0.25) is 9.59 Å². The van der Waals surface area contributed by atoms with Gasteiger partial charge in [-0.05, 0) is 82.5 Å². The lowest BCUT2D eigenvalue weighted by Crippen LogP contribution is -2.32. The summed E-state index contributed by atoms with van der Waals surface area (Å²) >= 11 is 3.31. The molecule has 156 valence electrons. The highest BCUT2D eigenvalue weighted by Gasteiger charge is 2.13. The van der Waals surface area contributed by atoms with E-state index in [0.29, 0.717) is 27.0 Å². The molecule has 0 fully saturated rings. The van der Waals surface area contributed by atoms with Gasteiger partial charge in [0.25, 0.3) is 0 Å². The number of esters is 1. The van der Waals surface area contributed by atoms with E-state index in [0.717, 1.165) is 5.56 Å². The van der Waals surface area contributed by atoms with E-state index < -0.39 is 17.8 Å². The number of nitrogens with zero attached hydrogens (tertiary/aromatic N) is 1. The van der Waals surface area contributed by atoms with Crippen LogP contribution in [0.25, 0.3) is 0 Å². The molecule has 0 heterocycles. The zero-order valence-corrected chi connectivity index (χ0v) is 18.0. The number of nitrogens with one attached hydrogen (secondary N) is 2. The van der Waals surface area contributed by atoms with E-state index in [4.69, 9.17) is 4.74 Å². The number of carbonyl (C=O) groups is 3. The molecule has 2 amide bonds. The number of halogens is 1. The number of hydrogen-bond donors (Lipinski definition) is 2. The van der Waals surface area contributed by atoms with Crippen molar-refractivity contribution in [3.63, 3.8) is 0 Å². The summed E-state index contributed by atoms with van der Waals surface area (Å²) in [5.74, 6) is -1.84. The lowest BCUT2D eigenvalue weighted by atomic mass is 10.2. The second kappa shape index (κ2) is 10.3. The Labute approximate surface area is 187 Å². The van der Waals surface area contributed by atoms with Gasteiger partial charge in [-0.15, -0.1) is 0 Å². The first-order chi connectivity index (χ1) is 14.9. The first-order valence-electron chi connectivity index (χ1n) is 9.20. The van der Waals surface area contributed by atoms with Crippen molar-refractivity contribution in [1.82, 2.24) is 5.43 Å². The number of ether oxygens (including phenoxy) is 1. The summed E-state index contributed by atoms with van der Waals surface area (Å²) in [5.41, 5.74) is 4.71. The topological polar surface area (TPSA) is 96.9 Å². The van der Waals surface area contributed by atoms with E-state index in [2.05, 4.69) is 31.8 Å². The Balaban J connectivity index is 1.52. The molecule has 0 aliphatic carbocycles. The standard InChI is InChI=1S/C23H18BrN3O4/c1-15-5-4-6-17(13-15)26-21(28)22(29)27-25-14-16-9-11-18(12-10-16)31-23(30)19-7-2-3-8-20(19)24/h2-14H,1H3,(H,26,28)(H,27,29)/b25-14-. The average Bonchev–Trinajstić information content (AvgIpc) is 2.75. The number of aryl methyl sites for hydroxylation is 1. The van der Waals surface area contributed by atoms with Crippen molar-refractivity contribution in [1.29, 1.82) is 0 Å². The average molecular weight is 480 g/mol. The number of hydrazone groups is 1. The Morgan fingerprint density at radius 1 is 0.935 bits per heavy atom. The lowest BCUT2D eigenvalue weighted by molar-refractivity contribution is -0.136. The Bertz CT molecular complexity index is 1140. The van der Waals surface area contributed by atoms with Crippen LogP contribution in [-0.4, -0.2) is 24.0 Å². The van der Waals surface area contributed by atoms with Gasteiger partial charge < -0.3 is 10.1 Å². The number of hydrogen-bond acceptors (Lipinski definition) is 5. The number of rotatable bonds is 5. The number of anilines is 1. The maximum atomic E-state index is 12.2. The van der Waals surface area contributed by atoms with Crippen molar-refractivity contribution in [3.05, 3.63) is 94.0 Å². The van der Waals surface area contributed by atoms with E-state index >= 15 is 0 Å². The summed E-state index contributed by atoms with van der Waals surface area (Å²) in [6, 6.07) is 20.6. The first kappa shape index (κ1) is 21.9. The van der Waals surface area contributed by atoms with Crippen LogP contribution in [0.1, 0.15) is 21.5 Å². The maximum absolute atomic E-state index is 12.2. The molecule has 3 aromatic carbocycles. The number of amides is 2. The molecule has 0 radical (unpaired) electrons. The van der Waals surface area contributed by atoms with Crippen molar-refractivity contribution in [2.75, 3.05) is 5.32 Å². The molecule has 0 aromatic heterocycles. The Hall–Kier alpha value is -3.78. The van der Waals surface area contributed by atoms with Crippen LogP contribution in [0, 0.1) is 6.92 Å². The van der Waals surface area contributed by atoms with Crippen LogP contribution in [-0.2, 0) is 9.59 Å². The van der Waals surface area contributed by atoms with Gasteiger partial charge >= 0.3 is 17.8 Å². The fourth-order valence-corrected chi connectivity index (χ4v) is 2.98. The van der Waals surface area contributed by atoms with E-state index in [1.807, 2.05) is 13.0 Å². The minimum Gasteiger partial charge on any atom is -0.423 e. The molecule has 0 saturated carbocycles. The SMILES string of the molecule is Cc1cccc(NC(=O)C(=O)N/N=C\c2ccc(OC(=O)c3ccccc3Br)cc2)c1. The van der Waals surface area contributed by atoms with Crippen LogP contribution < -0.4 is 15.5 Å². The fraction of sp³-hybridized carbons (Fsp3) is 0.0435. The summed E-state index contributed by atoms with van der Waals surface area (Å²) in [5, 5.41) is 6.27. The largest absolute Gasteiger partial charge is 0.423 e. The molecule has 8 heteroatoms. The molecule has 0 aliphatic heterocycles. The smallest absolute Gasteiger partial charge is 0.344 e. The van der Waals surface area contributed by atoms with Crippen LogP contribution in [0.5, 0.6) is 5.75 Å². The molecule has 3 aromatic rings. The lowest BCUT2D eigenvalue weighted by Gasteiger charge is -2.06. The second-order valence-corrected chi connectivity index (χ2v) is 7.32. The molecular formula is C23H18BrN3O4. The van der Waals surface area contributed by atoms with Crippen LogP contribution in [0.3, 0.4) is 0 Å². The molecule has 2 N–H and O–H groups in total. The van der Waals surface area contributed by atoms with Gasteiger partial charge in [-0.1, -0.05) is 24.3 Å². The third kappa shape index (κ3) is 6.35. The molecule has 31 heavy (non-hydrogen) atoms. The highest BCUT2D eigenvalue weighted by Crippen LogP contribution is 2.19. The minimum atomic E-state index is -0.892. The highest BCUT2D eigenvalue weighted by molar-refractivity contribution is 9.10. The zero-order chi connectivity index (χ0) is 22.2. The summed E-state index contributed by atoms with van der Waals surface area (Å²) in [4.78, 5) is 36.0. The number of benzene rings is 3. The van der Waals surface area contributed by atoms with Gasteiger partial charge in [0.2, 0.25) is 0 Å². The van der Waals surface area contributed by atoms with Crippen molar-refractivity contribution < 1.29 is 19.1 Å². The second-order valence-electron chi connectivity index (χ2n) is 6.46. The van der Waals surface area contributed by atoms with Crippen LogP contribution in [0.4, 0.5) is 5.69 Å². The van der Waals surface area contributed by atoms with Crippen molar-refractivity contribution in [3.8, 4) is 5.75 Å². The number of carbonyl (C=O) groups excluding carboxylic acids is 3. The third-order valence-electron chi connectivity index (χ3n) is 4.05. The van der Waals surface area contributed by atoms with E-state index in [1.165, 1.54) is 6.21 Å². The van der Waals surface area contributed by atoms with Gasteiger partial charge in [-0.2, -0.15) is 5.10 Å². The molecule has 0 bridgehead atoms. The molecule has 7 nitrogen and oxygen atoms in total. The summed E-state index contributed by atoms with van der Waals surface area (Å²) in [6.07, 6.45) is 1.37. The van der Waals surface area contributed by atoms with E-state index in [9.17, 15) is 14.4 Å². The van der Waals surface area contributed by atoms with Crippen molar-refractivity contribution in [2.24, 2.45) is 5.10 Å². The first-order valence-corrected chi connectivity index (χ1v) is 9.99. The van der Waals surface area contributed by atoms with Crippen LogP contribution >= 0.6 is 15.9 Å². The molecule has 0 saturated heterocycles. The third-order valence-corrected chi connectivity index (χ3v) is 4.74. The molecule has 0 unspecified atom stereocenters. The summed E-state index contributed by atoms with van der Waals surface area (Å²) in [6.45, 7) is 1.88. The quantitative estimate of drug-likeness (QED) is 0.189. The van der Waals surface area contributed by atoms with Crippen molar-refractivity contribution >= 4 is 45.6 Å². The fourth-order valence-electron chi connectivity index (χ4n) is 2.54. The molecule has 3 rings (SSSR count). The highest BCUT2D eigenvalue weighted by atomic mass is 79.9. The zero-order valence-electron chi connectivity index (χ0n) is 16.5. The maximum Gasteiger partial charge on any atom is 0.344 e. The predicted molar refractivity (Wildman–Crippen MR) is 121 cm³/mol. The molecule has 0 atom stereocenters. The predicted octanol–water partition coefficient (Wildman–Crippen LogP) is 4.07. The van der Waals surface area contributed by atoms with Crippen LogP contribution in [0.15, 0.2) is 82.4 Å². The Kier molecular flexibility index (Phi) is 7.29. The van der Waals surface area contributed by atoms with Gasteiger partial charge in [0.15, 0.2) is 0 Å². The van der Waals surface area contributed by atoms with Gasteiger partial charge in [0.1, 0.15) is 5.75 Å². The molecule has 0 aliphatic rings. The molecule has 0 spiro atoms.